The summed E-state index contributed by atoms with van der Waals surface area (Å²) in [5.41, 5.74) is 2.41. The fraction of sp³-hybridized carbons (Fsp3) is 0.0435. The molecule has 1 aromatic heterocycles. The molecule has 1 heterocycles. The van der Waals surface area contributed by atoms with Gasteiger partial charge in [0.15, 0.2) is 5.78 Å². The lowest BCUT2D eigenvalue weighted by molar-refractivity contribution is -0.113. The molecule has 3 aromatic carbocycles. The van der Waals surface area contributed by atoms with Gasteiger partial charge in [0.05, 0.1) is 17.1 Å². The molecule has 0 aliphatic carbocycles. The van der Waals surface area contributed by atoms with Gasteiger partial charge in [-0.1, -0.05) is 72.4 Å². The lowest BCUT2D eigenvalue weighted by Gasteiger charge is -2.10. The number of amides is 1. The van der Waals surface area contributed by atoms with Crippen molar-refractivity contribution in [3.8, 4) is 5.69 Å². The zero-order valence-corrected chi connectivity index (χ0v) is 16.8. The first-order valence-corrected chi connectivity index (χ1v) is 10.3. The van der Waals surface area contributed by atoms with Crippen molar-refractivity contribution >= 4 is 29.1 Å². The minimum Gasteiger partial charge on any atom is -0.325 e. The average Bonchev–Trinajstić information content (AvgIpc) is 3.28. The highest BCUT2D eigenvalue weighted by Gasteiger charge is 2.15. The van der Waals surface area contributed by atoms with Gasteiger partial charge in [-0.2, -0.15) is 0 Å². The van der Waals surface area contributed by atoms with Crippen LogP contribution in [0.3, 0.4) is 0 Å². The SMILES string of the molecule is O=C(CSc1ncn(-c2ccccc2)n1)Nc1ccccc1C(=O)c1ccccc1. The lowest BCUT2D eigenvalue weighted by atomic mass is 10.0. The van der Waals surface area contributed by atoms with Crippen LogP contribution in [-0.4, -0.2) is 32.2 Å². The molecule has 0 saturated carbocycles. The first-order chi connectivity index (χ1) is 14.7. The number of aromatic nitrogens is 3. The Morgan fingerprint density at radius 2 is 1.53 bits per heavy atom. The van der Waals surface area contributed by atoms with Crippen molar-refractivity contribution in [1.29, 1.82) is 0 Å². The Morgan fingerprint density at radius 3 is 2.30 bits per heavy atom. The van der Waals surface area contributed by atoms with Crippen LogP contribution in [0.15, 0.2) is 96.4 Å². The normalized spacial score (nSPS) is 10.5. The third-order valence-electron chi connectivity index (χ3n) is 4.31. The largest absolute Gasteiger partial charge is 0.325 e. The summed E-state index contributed by atoms with van der Waals surface area (Å²) in [7, 11) is 0. The molecular weight excluding hydrogens is 396 g/mol. The second kappa shape index (κ2) is 9.19. The second-order valence-electron chi connectivity index (χ2n) is 6.38. The molecule has 0 atom stereocenters. The van der Waals surface area contributed by atoms with Crippen LogP contribution in [0.2, 0.25) is 0 Å². The number of para-hydroxylation sites is 2. The Morgan fingerprint density at radius 1 is 0.867 bits per heavy atom. The van der Waals surface area contributed by atoms with Crippen molar-refractivity contribution in [1.82, 2.24) is 14.8 Å². The third kappa shape index (κ3) is 4.64. The number of rotatable bonds is 7. The highest BCUT2D eigenvalue weighted by molar-refractivity contribution is 7.99. The van der Waals surface area contributed by atoms with Crippen molar-refractivity contribution in [2.24, 2.45) is 0 Å². The highest BCUT2D eigenvalue weighted by atomic mass is 32.2. The molecule has 148 valence electrons. The molecule has 0 aliphatic heterocycles. The van der Waals surface area contributed by atoms with E-state index in [9.17, 15) is 9.59 Å². The first kappa shape index (κ1) is 19.6. The second-order valence-corrected chi connectivity index (χ2v) is 7.33. The Balaban J connectivity index is 1.41. The van der Waals surface area contributed by atoms with Crippen LogP contribution in [0.4, 0.5) is 5.69 Å². The summed E-state index contributed by atoms with van der Waals surface area (Å²) in [5.74, 6) is -0.237. The molecule has 1 N–H and O–H groups in total. The van der Waals surface area contributed by atoms with E-state index in [0.717, 1.165) is 5.69 Å². The van der Waals surface area contributed by atoms with Gasteiger partial charge in [-0.25, -0.2) is 9.67 Å². The number of nitrogens with zero attached hydrogens (tertiary/aromatic N) is 3. The molecule has 0 bridgehead atoms. The Bertz CT molecular complexity index is 1160. The summed E-state index contributed by atoms with van der Waals surface area (Å²) in [5, 5.41) is 7.71. The summed E-state index contributed by atoms with van der Waals surface area (Å²) in [6.45, 7) is 0. The van der Waals surface area contributed by atoms with E-state index in [1.807, 2.05) is 48.5 Å². The zero-order chi connectivity index (χ0) is 20.8. The topological polar surface area (TPSA) is 76.9 Å². The smallest absolute Gasteiger partial charge is 0.234 e. The molecular formula is C23H18N4O2S. The Kier molecular flexibility index (Phi) is 6.01. The summed E-state index contributed by atoms with van der Waals surface area (Å²) in [6, 6.07) is 25.6. The van der Waals surface area contributed by atoms with E-state index in [-0.39, 0.29) is 17.4 Å². The summed E-state index contributed by atoms with van der Waals surface area (Å²) >= 11 is 1.23. The molecule has 0 radical (unpaired) electrons. The number of thioether (sulfide) groups is 1. The number of benzene rings is 3. The van der Waals surface area contributed by atoms with E-state index < -0.39 is 0 Å². The van der Waals surface area contributed by atoms with Gasteiger partial charge in [-0.05, 0) is 24.3 Å². The molecule has 7 heteroatoms. The number of anilines is 1. The predicted octanol–water partition coefficient (Wildman–Crippen LogP) is 4.23. The van der Waals surface area contributed by atoms with Crippen molar-refractivity contribution < 1.29 is 9.59 Å². The van der Waals surface area contributed by atoms with E-state index in [2.05, 4.69) is 15.4 Å². The van der Waals surface area contributed by atoms with Crippen molar-refractivity contribution in [2.45, 2.75) is 5.16 Å². The quantitative estimate of drug-likeness (QED) is 0.362. The van der Waals surface area contributed by atoms with E-state index >= 15 is 0 Å². The van der Waals surface area contributed by atoms with Crippen molar-refractivity contribution in [3.05, 3.63) is 102 Å². The molecule has 0 saturated heterocycles. The van der Waals surface area contributed by atoms with Crippen molar-refractivity contribution in [2.75, 3.05) is 11.1 Å². The van der Waals surface area contributed by atoms with Crippen LogP contribution in [0.25, 0.3) is 5.69 Å². The minimum absolute atomic E-state index is 0.132. The fourth-order valence-corrected chi connectivity index (χ4v) is 3.47. The first-order valence-electron chi connectivity index (χ1n) is 9.29. The van der Waals surface area contributed by atoms with E-state index in [1.165, 1.54) is 11.8 Å². The maximum absolute atomic E-state index is 12.8. The van der Waals surface area contributed by atoms with E-state index in [1.54, 1.807) is 47.4 Å². The molecule has 0 aliphatic rings. The number of carbonyl (C=O) groups is 2. The number of ketones is 1. The van der Waals surface area contributed by atoms with Crippen LogP contribution >= 0.6 is 11.8 Å². The fourth-order valence-electron chi connectivity index (χ4n) is 2.87. The highest BCUT2D eigenvalue weighted by Crippen LogP contribution is 2.20. The zero-order valence-electron chi connectivity index (χ0n) is 15.9. The number of hydrogen-bond donors (Lipinski definition) is 1. The number of hydrogen-bond acceptors (Lipinski definition) is 5. The van der Waals surface area contributed by atoms with E-state index in [0.29, 0.717) is 22.0 Å². The molecule has 0 fully saturated rings. The number of nitrogens with one attached hydrogen (secondary N) is 1. The third-order valence-corrected chi connectivity index (χ3v) is 5.16. The molecule has 6 nitrogen and oxygen atoms in total. The monoisotopic (exact) mass is 414 g/mol. The van der Waals surface area contributed by atoms with E-state index in [4.69, 9.17) is 0 Å². The van der Waals surface area contributed by atoms with Gasteiger partial charge in [0.25, 0.3) is 0 Å². The van der Waals surface area contributed by atoms with Crippen LogP contribution < -0.4 is 5.32 Å². The van der Waals surface area contributed by atoms with Gasteiger partial charge in [-0.15, -0.1) is 5.10 Å². The Labute approximate surface area is 178 Å². The van der Waals surface area contributed by atoms with Gasteiger partial charge < -0.3 is 5.32 Å². The summed E-state index contributed by atoms with van der Waals surface area (Å²) in [4.78, 5) is 29.5. The molecule has 1 amide bonds. The standard InChI is InChI=1S/C23H18N4O2S/c28-21(15-30-23-24-16-27(26-23)18-11-5-2-6-12-18)25-20-14-8-7-13-19(20)22(29)17-9-3-1-4-10-17/h1-14,16H,15H2,(H,25,28). The van der Waals surface area contributed by atoms with Crippen LogP contribution in [0, 0.1) is 0 Å². The predicted molar refractivity (Wildman–Crippen MR) is 117 cm³/mol. The number of carbonyl (C=O) groups excluding carboxylic acids is 2. The average molecular weight is 414 g/mol. The van der Waals surface area contributed by atoms with Gasteiger partial charge in [0, 0.05) is 11.1 Å². The van der Waals surface area contributed by atoms with Crippen LogP contribution in [0.5, 0.6) is 0 Å². The van der Waals surface area contributed by atoms with Gasteiger partial charge in [-0.3, -0.25) is 9.59 Å². The lowest BCUT2D eigenvalue weighted by Crippen LogP contribution is -2.17. The minimum atomic E-state index is -0.232. The maximum atomic E-state index is 12.8. The summed E-state index contributed by atoms with van der Waals surface area (Å²) < 4.78 is 1.66. The molecule has 4 aromatic rings. The van der Waals surface area contributed by atoms with Crippen LogP contribution in [-0.2, 0) is 4.79 Å². The summed E-state index contributed by atoms with van der Waals surface area (Å²) in [6.07, 6.45) is 1.61. The molecule has 4 rings (SSSR count). The van der Waals surface area contributed by atoms with Gasteiger partial charge >= 0.3 is 0 Å². The van der Waals surface area contributed by atoms with Gasteiger partial charge in [0.2, 0.25) is 11.1 Å². The van der Waals surface area contributed by atoms with Gasteiger partial charge in [0.1, 0.15) is 6.33 Å². The Hall–Kier alpha value is -3.71. The van der Waals surface area contributed by atoms with Crippen molar-refractivity contribution in [3.63, 3.8) is 0 Å². The molecule has 0 spiro atoms. The van der Waals surface area contributed by atoms with Crippen LogP contribution in [0.1, 0.15) is 15.9 Å². The molecule has 0 unspecified atom stereocenters. The molecule has 30 heavy (non-hydrogen) atoms. The maximum Gasteiger partial charge on any atom is 0.234 e.